The smallest absolute Gasteiger partial charge is 0.223 e. The fraction of sp³-hybridized carbons (Fsp3) is 0.227. The number of H-pyrrole nitrogens is 1. The van der Waals surface area contributed by atoms with E-state index in [1.807, 2.05) is 23.2 Å². The van der Waals surface area contributed by atoms with E-state index in [0.717, 1.165) is 28.5 Å². The number of nitrogens with one attached hydrogen (secondary N) is 1. The van der Waals surface area contributed by atoms with Crippen molar-refractivity contribution in [2.24, 2.45) is 0 Å². The van der Waals surface area contributed by atoms with Crippen LogP contribution >= 0.6 is 0 Å². The van der Waals surface area contributed by atoms with Crippen molar-refractivity contribution in [3.8, 4) is 5.75 Å². The first-order valence-corrected chi connectivity index (χ1v) is 9.12. The zero-order valence-corrected chi connectivity index (χ0v) is 14.9. The lowest BCUT2D eigenvalue weighted by atomic mass is 9.98. The number of hydrogen-bond acceptors (Lipinski definition) is 2. The minimum atomic E-state index is -0.255. The number of amides is 1. The molecule has 0 bridgehead atoms. The number of fused-ring (bicyclic) bond motifs is 1. The summed E-state index contributed by atoms with van der Waals surface area (Å²) in [6.07, 6.45) is 5.67. The van der Waals surface area contributed by atoms with Gasteiger partial charge < -0.3 is 15.0 Å². The maximum absolute atomic E-state index is 13.4. The molecule has 5 heteroatoms. The largest absolute Gasteiger partial charge is 0.508 e. The van der Waals surface area contributed by atoms with Crippen LogP contribution in [-0.4, -0.2) is 34.0 Å². The van der Waals surface area contributed by atoms with Gasteiger partial charge in [0.05, 0.1) is 0 Å². The summed E-state index contributed by atoms with van der Waals surface area (Å²) in [5.74, 6) is 0.0752. The van der Waals surface area contributed by atoms with Gasteiger partial charge in [0.2, 0.25) is 5.91 Å². The Morgan fingerprint density at radius 2 is 2.07 bits per heavy atom. The second kappa shape index (κ2) is 7.27. The second-order valence-corrected chi connectivity index (χ2v) is 6.84. The maximum atomic E-state index is 13.4. The Bertz CT molecular complexity index is 1020. The number of para-hydroxylation sites is 1. The van der Waals surface area contributed by atoms with Crippen LogP contribution in [0.2, 0.25) is 0 Å². The average molecular weight is 364 g/mol. The number of aryl methyl sites for hydroxylation is 1. The summed E-state index contributed by atoms with van der Waals surface area (Å²) in [6, 6.07) is 11.9. The molecule has 138 valence electrons. The molecule has 3 aromatic rings. The maximum Gasteiger partial charge on any atom is 0.223 e. The monoisotopic (exact) mass is 364 g/mol. The van der Waals surface area contributed by atoms with Gasteiger partial charge in [-0.3, -0.25) is 4.79 Å². The molecule has 27 heavy (non-hydrogen) atoms. The summed E-state index contributed by atoms with van der Waals surface area (Å²) >= 11 is 0. The van der Waals surface area contributed by atoms with E-state index < -0.39 is 0 Å². The van der Waals surface area contributed by atoms with Gasteiger partial charge in [-0.25, -0.2) is 4.39 Å². The number of carbonyl (C=O) groups excluding carboxylic acids is 1. The molecule has 1 amide bonds. The Labute approximate surface area is 156 Å². The average Bonchev–Trinajstić information content (AvgIpc) is 3.10. The molecule has 2 heterocycles. The van der Waals surface area contributed by atoms with Crippen LogP contribution in [0.1, 0.15) is 24.0 Å². The molecular weight excluding hydrogens is 343 g/mol. The minimum absolute atomic E-state index is 0.0922. The van der Waals surface area contributed by atoms with Crippen molar-refractivity contribution in [3.05, 3.63) is 71.7 Å². The van der Waals surface area contributed by atoms with Crippen LogP contribution in [0.3, 0.4) is 0 Å². The number of benzene rings is 2. The Kier molecular flexibility index (Phi) is 4.67. The lowest BCUT2D eigenvalue weighted by molar-refractivity contribution is -0.130. The van der Waals surface area contributed by atoms with Crippen LogP contribution in [-0.2, 0) is 11.2 Å². The number of phenols is 1. The van der Waals surface area contributed by atoms with E-state index in [9.17, 15) is 14.3 Å². The third kappa shape index (κ3) is 3.58. The molecular formula is C22H21FN2O2. The van der Waals surface area contributed by atoms with Crippen LogP contribution in [0.4, 0.5) is 4.39 Å². The molecule has 2 N–H and O–H groups in total. The van der Waals surface area contributed by atoms with E-state index in [-0.39, 0.29) is 17.5 Å². The molecule has 4 nitrogen and oxygen atoms in total. The molecule has 1 aromatic heterocycles. The number of rotatable bonds is 4. The fourth-order valence-electron chi connectivity index (χ4n) is 3.63. The third-order valence-electron chi connectivity index (χ3n) is 5.15. The number of hydrogen-bond donors (Lipinski definition) is 2. The highest BCUT2D eigenvalue weighted by molar-refractivity contribution is 5.93. The standard InChI is InChI=1S/C22H21FN2O2/c23-17-6-7-18-19(14-24-20(18)13-17)15-9-11-25(12-10-15)22(27)8-5-16-3-1-2-4-21(16)26/h1-4,6-7,9,13-14,24,26H,5,8,10-12H2. The highest BCUT2D eigenvalue weighted by Crippen LogP contribution is 2.30. The van der Waals surface area contributed by atoms with Crippen molar-refractivity contribution in [3.63, 3.8) is 0 Å². The summed E-state index contributed by atoms with van der Waals surface area (Å²) in [4.78, 5) is 17.5. The summed E-state index contributed by atoms with van der Waals surface area (Å²) < 4.78 is 13.4. The van der Waals surface area contributed by atoms with E-state index in [1.54, 1.807) is 18.2 Å². The van der Waals surface area contributed by atoms with Crippen molar-refractivity contribution in [1.29, 1.82) is 0 Å². The number of aromatic nitrogens is 1. The molecule has 0 spiro atoms. The second-order valence-electron chi connectivity index (χ2n) is 6.84. The lowest BCUT2D eigenvalue weighted by Gasteiger charge is -2.26. The number of nitrogens with zero attached hydrogens (tertiary/aromatic N) is 1. The first kappa shape index (κ1) is 17.3. The highest BCUT2D eigenvalue weighted by Gasteiger charge is 2.19. The lowest BCUT2D eigenvalue weighted by Crippen LogP contribution is -2.34. The van der Waals surface area contributed by atoms with Crippen LogP contribution in [0.25, 0.3) is 16.5 Å². The van der Waals surface area contributed by atoms with Crippen molar-refractivity contribution < 1.29 is 14.3 Å². The molecule has 0 radical (unpaired) electrons. The van der Waals surface area contributed by atoms with Gasteiger partial charge >= 0.3 is 0 Å². The van der Waals surface area contributed by atoms with Crippen LogP contribution < -0.4 is 0 Å². The Balaban J connectivity index is 1.42. The number of aromatic amines is 1. The fourth-order valence-corrected chi connectivity index (χ4v) is 3.63. The first-order chi connectivity index (χ1) is 13.1. The van der Waals surface area contributed by atoms with Gasteiger partial charge in [0.25, 0.3) is 0 Å². The van der Waals surface area contributed by atoms with Crippen molar-refractivity contribution in [2.45, 2.75) is 19.3 Å². The summed E-state index contributed by atoms with van der Waals surface area (Å²) in [5, 5.41) is 10.8. The van der Waals surface area contributed by atoms with E-state index in [4.69, 9.17) is 0 Å². The van der Waals surface area contributed by atoms with E-state index in [2.05, 4.69) is 11.1 Å². The molecule has 0 saturated heterocycles. The summed E-state index contributed by atoms with van der Waals surface area (Å²) in [5.41, 5.74) is 3.83. The predicted octanol–water partition coefficient (Wildman–Crippen LogP) is 4.26. The third-order valence-corrected chi connectivity index (χ3v) is 5.15. The number of halogens is 1. The predicted molar refractivity (Wildman–Crippen MR) is 104 cm³/mol. The van der Waals surface area contributed by atoms with E-state index in [0.29, 0.717) is 25.9 Å². The Morgan fingerprint density at radius 3 is 2.85 bits per heavy atom. The molecule has 4 rings (SSSR count). The summed E-state index contributed by atoms with van der Waals surface area (Å²) in [7, 11) is 0. The van der Waals surface area contributed by atoms with Gasteiger partial charge in [0.1, 0.15) is 11.6 Å². The van der Waals surface area contributed by atoms with Gasteiger partial charge in [-0.15, -0.1) is 0 Å². The normalized spacial score (nSPS) is 14.4. The Hall–Kier alpha value is -3.08. The zero-order chi connectivity index (χ0) is 18.8. The number of phenolic OH excluding ortho intramolecular Hbond substituents is 1. The molecule has 0 unspecified atom stereocenters. The van der Waals surface area contributed by atoms with Gasteiger partial charge in [-0.05, 0) is 48.2 Å². The molecule has 0 atom stereocenters. The minimum Gasteiger partial charge on any atom is -0.508 e. The van der Waals surface area contributed by atoms with Gasteiger partial charge in [-0.2, -0.15) is 0 Å². The number of aromatic hydroxyl groups is 1. The molecule has 1 aliphatic rings. The Morgan fingerprint density at radius 1 is 1.22 bits per heavy atom. The SMILES string of the molecule is O=C(CCc1ccccc1O)N1CC=C(c2c[nH]c3cc(F)ccc23)CC1. The molecule has 0 fully saturated rings. The van der Waals surface area contributed by atoms with E-state index >= 15 is 0 Å². The van der Waals surface area contributed by atoms with Gasteiger partial charge in [-0.1, -0.05) is 24.3 Å². The van der Waals surface area contributed by atoms with Gasteiger partial charge in [0.15, 0.2) is 0 Å². The topological polar surface area (TPSA) is 56.3 Å². The van der Waals surface area contributed by atoms with Crippen LogP contribution in [0.5, 0.6) is 5.75 Å². The first-order valence-electron chi connectivity index (χ1n) is 9.12. The molecule has 2 aromatic carbocycles. The van der Waals surface area contributed by atoms with Crippen LogP contribution in [0, 0.1) is 5.82 Å². The number of carbonyl (C=O) groups is 1. The zero-order valence-electron chi connectivity index (χ0n) is 14.9. The molecule has 0 aliphatic carbocycles. The van der Waals surface area contributed by atoms with Crippen LogP contribution in [0.15, 0.2) is 54.7 Å². The van der Waals surface area contributed by atoms with E-state index in [1.165, 1.54) is 17.7 Å². The summed E-state index contributed by atoms with van der Waals surface area (Å²) in [6.45, 7) is 1.24. The molecule has 0 saturated carbocycles. The van der Waals surface area contributed by atoms with Crippen molar-refractivity contribution in [1.82, 2.24) is 9.88 Å². The van der Waals surface area contributed by atoms with Crippen molar-refractivity contribution in [2.75, 3.05) is 13.1 Å². The van der Waals surface area contributed by atoms with Gasteiger partial charge in [0, 0.05) is 42.2 Å². The van der Waals surface area contributed by atoms with Crippen molar-refractivity contribution >= 4 is 22.4 Å². The highest BCUT2D eigenvalue weighted by atomic mass is 19.1. The quantitative estimate of drug-likeness (QED) is 0.727. The molecule has 1 aliphatic heterocycles.